The third-order valence-electron chi connectivity index (χ3n) is 5.22. The van der Waals surface area contributed by atoms with Crippen LogP contribution in [-0.4, -0.2) is 40.7 Å². The van der Waals surface area contributed by atoms with E-state index < -0.39 is 6.04 Å². The van der Waals surface area contributed by atoms with Crippen molar-refractivity contribution in [2.45, 2.75) is 39.8 Å². The molecule has 4 nitrogen and oxygen atoms in total. The maximum absolute atomic E-state index is 12.7. The normalized spacial score (nSPS) is 17.7. The summed E-state index contributed by atoms with van der Waals surface area (Å²) in [4.78, 5) is 28.8. The molecule has 1 saturated heterocycles. The molecule has 0 N–H and O–H groups in total. The number of hydrogen-bond donors (Lipinski definition) is 0. The van der Waals surface area contributed by atoms with E-state index in [1.807, 2.05) is 43.3 Å². The first-order chi connectivity index (χ1) is 12.5. The van der Waals surface area contributed by atoms with Crippen molar-refractivity contribution in [2.24, 2.45) is 0 Å². The number of amides is 2. The minimum Gasteiger partial charge on any atom is -0.331 e. The van der Waals surface area contributed by atoms with Gasteiger partial charge >= 0.3 is 0 Å². The van der Waals surface area contributed by atoms with Crippen LogP contribution in [0.2, 0.25) is 0 Å². The lowest BCUT2D eigenvalue weighted by Gasteiger charge is -2.39. The highest BCUT2D eigenvalue weighted by atomic mass is 16.2. The quantitative estimate of drug-likeness (QED) is 0.831. The highest BCUT2D eigenvalue weighted by Gasteiger charge is 2.36. The molecule has 1 fully saturated rings. The van der Waals surface area contributed by atoms with E-state index in [0.717, 1.165) is 12.0 Å². The summed E-state index contributed by atoms with van der Waals surface area (Å²) in [6, 6.07) is 15.8. The first-order valence-electron chi connectivity index (χ1n) is 9.14. The molecule has 2 aromatic rings. The highest BCUT2D eigenvalue weighted by Crippen LogP contribution is 2.18. The zero-order valence-corrected chi connectivity index (χ0v) is 15.7. The zero-order chi connectivity index (χ0) is 18.7. The number of rotatable bonds is 5. The molecule has 0 radical (unpaired) electrons. The van der Waals surface area contributed by atoms with Crippen LogP contribution in [0, 0.1) is 13.8 Å². The molecular formula is C22H26N2O2. The first-order valence-corrected chi connectivity index (χ1v) is 9.14. The Balaban J connectivity index is 1.65. The molecule has 0 bridgehead atoms. The third-order valence-corrected chi connectivity index (χ3v) is 5.22. The van der Waals surface area contributed by atoms with E-state index in [4.69, 9.17) is 0 Å². The van der Waals surface area contributed by atoms with E-state index in [1.165, 1.54) is 16.7 Å². The lowest BCUT2D eigenvalue weighted by Crippen LogP contribution is -2.58. The van der Waals surface area contributed by atoms with Crippen molar-refractivity contribution in [3.63, 3.8) is 0 Å². The SMILES string of the molecule is Cc1ccc(CN2C(=O)CN(CCc3ccccc3)C(=O)[C@@H]2C)cc1C. The molecule has 0 spiro atoms. The molecule has 0 saturated carbocycles. The maximum atomic E-state index is 12.7. The van der Waals surface area contributed by atoms with Gasteiger partial charge in [-0.05, 0) is 49.4 Å². The fourth-order valence-corrected chi connectivity index (χ4v) is 3.37. The number of carbonyl (C=O) groups is 2. The number of nitrogens with zero attached hydrogens (tertiary/aromatic N) is 2. The molecule has 26 heavy (non-hydrogen) atoms. The van der Waals surface area contributed by atoms with Crippen LogP contribution in [0.25, 0.3) is 0 Å². The predicted molar refractivity (Wildman–Crippen MR) is 103 cm³/mol. The van der Waals surface area contributed by atoms with Gasteiger partial charge in [0.25, 0.3) is 0 Å². The van der Waals surface area contributed by atoms with Crippen LogP contribution in [0.1, 0.15) is 29.2 Å². The highest BCUT2D eigenvalue weighted by molar-refractivity contribution is 5.94. The van der Waals surface area contributed by atoms with Crippen LogP contribution in [0.4, 0.5) is 0 Å². The van der Waals surface area contributed by atoms with Crippen LogP contribution >= 0.6 is 0 Å². The van der Waals surface area contributed by atoms with Gasteiger partial charge in [-0.3, -0.25) is 9.59 Å². The lowest BCUT2D eigenvalue weighted by atomic mass is 10.0. The Bertz CT molecular complexity index is 801. The van der Waals surface area contributed by atoms with Crippen LogP contribution in [0.5, 0.6) is 0 Å². The van der Waals surface area contributed by atoms with E-state index in [9.17, 15) is 9.59 Å². The Kier molecular flexibility index (Phi) is 5.40. The number of carbonyl (C=O) groups excluding carboxylic acids is 2. The summed E-state index contributed by atoms with van der Waals surface area (Å²) in [6.45, 7) is 7.20. The fraction of sp³-hybridized carbons (Fsp3) is 0.364. The Hall–Kier alpha value is -2.62. The van der Waals surface area contributed by atoms with Crippen molar-refractivity contribution in [1.29, 1.82) is 0 Å². The molecule has 2 amide bonds. The Morgan fingerprint density at radius 3 is 2.38 bits per heavy atom. The summed E-state index contributed by atoms with van der Waals surface area (Å²) in [5.41, 5.74) is 4.68. The Morgan fingerprint density at radius 1 is 0.962 bits per heavy atom. The van der Waals surface area contributed by atoms with E-state index in [2.05, 4.69) is 26.0 Å². The summed E-state index contributed by atoms with van der Waals surface area (Å²) in [7, 11) is 0. The van der Waals surface area contributed by atoms with Crippen molar-refractivity contribution < 1.29 is 9.59 Å². The van der Waals surface area contributed by atoms with E-state index >= 15 is 0 Å². The average Bonchev–Trinajstić information content (AvgIpc) is 2.64. The van der Waals surface area contributed by atoms with Crippen molar-refractivity contribution in [1.82, 2.24) is 9.80 Å². The largest absolute Gasteiger partial charge is 0.331 e. The zero-order valence-electron chi connectivity index (χ0n) is 15.7. The van der Waals surface area contributed by atoms with Crippen LogP contribution in [0.3, 0.4) is 0 Å². The third kappa shape index (κ3) is 3.96. The van der Waals surface area contributed by atoms with Gasteiger partial charge in [-0.25, -0.2) is 0 Å². The van der Waals surface area contributed by atoms with Gasteiger partial charge in [-0.1, -0.05) is 48.5 Å². The van der Waals surface area contributed by atoms with E-state index in [-0.39, 0.29) is 18.4 Å². The smallest absolute Gasteiger partial charge is 0.245 e. The molecule has 0 unspecified atom stereocenters. The second-order valence-electron chi connectivity index (χ2n) is 7.11. The van der Waals surface area contributed by atoms with E-state index in [1.54, 1.807) is 9.80 Å². The van der Waals surface area contributed by atoms with Gasteiger partial charge in [0.15, 0.2) is 0 Å². The molecule has 1 aliphatic rings. The van der Waals surface area contributed by atoms with Gasteiger partial charge < -0.3 is 9.80 Å². The lowest BCUT2D eigenvalue weighted by molar-refractivity contribution is -0.155. The van der Waals surface area contributed by atoms with Crippen LogP contribution < -0.4 is 0 Å². The average molecular weight is 350 g/mol. The Morgan fingerprint density at radius 2 is 1.69 bits per heavy atom. The second kappa shape index (κ2) is 7.73. The van der Waals surface area contributed by atoms with Crippen LogP contribution in [0.15, 0.2) is 48.5 Å². The number of aryl methyl sites for hydroxylation is 2. The van der Waals surface area contributed by atoms with Gasteiger partial charge in [-0.15, -0.1) is 0 Å². The molecule has 1 heterocycles. The van der Waals surface area contributed by atoms with Crippen molar-refractivity contribution in [3.05, 3.63) is 70.8 Å². The molecule has 4 heteroatoms. The molecule has 1 aliphatic heterocycles. The van der Waals surface area contributed by atoms with Gasteiger partial charge in [-0.2, -0.15) is 0 Å². The van der Waals surface area contributed by atoms with Gasteiger partial charge in [0.05, 0.1) is 6.54 Å². The summed E-state index contributed by atoms with van der Waals surface area (Å²) in [6.07, 6.45) is 0.768. The summed E-state index contributed by atoms with van der Waals surface area (Å²) in [5.74, 6) is 0.0488. The standard InChI is InChI=1S/C22H26N2O2/c1-16-9-10-20(13-17(16)2)14-24-18(3)22(26)23(15-21(24)25)12-11-19-7-5-4-6-8-19/h4-10,13,18H,11-12,14-15H2,1-3H3/t18-/m0/s1. The first kappa shape index (κ1) is 18.2. The fourth-order valence-electron chi connectivity index (χ4n) is 3.37. The van der Waals surface area contributed by atoms with E-state index in [0.29, 0.717) is 13.1 Å². The monoisotopic (exact) mass is 350 g/mol. The van der Waals surface area contributed by atoms with Crippen molar-refractivity contribution in [2.75, 3.05) is 13.1 Å². The minimum absolute atomic E-state index is 0.0170. The van der Waals surface area contributed by atoms with Gasteiger partial charge in [0, 0.05) is 13.1 Å². The molecule has 2 aromatic carbocycles. The molecule has 1 atom stereocenters. The van der Waals surface area contributed by atoms with Crippen molar-refractivity contribution >= 4 is 11.8 Å². The van der Waals surface area contributed by atoms with Gasteiger partial charge in [0.1, 0.15) is 6.04 Å². The number of piperazine rings is 1. The number of hydrogen-bond acceptors (Lipinski definition) is 2. The molecule has 0 aliphatic carbocycles. The molecule has 3 rings (SSSR count). The minimum atomic E-state index is -0.423. The molecular weight excluding hydrogens is 324 g/mol. The summed E-state index contributed by atoms with van der Waals surface area (Å²) >= 11 is 0. The van der Waals surface area contributed by atoms with Crippen molar-refractivity contribution in [3.8, 4) is 0 Å². The summed E-state index contributed by atoms with van der Waals surface area (Å²) in [5, 5.41) is 0. The Labute approximate surface area is 155 Å². The topological polar surface area (TPSA) is 40.6 Å². The van der Waals surface area contributed by atoms with Gasteiger partial charge in [0.2, 0.25) is 11.8 Å². The number of benzene rings is 2. The summed E-state index contributed by atoms with van der Waals surface area (Å²) < 4.78 is 0. The molecule has 136 valence electrons. The predicted octanol–water partition coefficient (Wildman–Crippen LogP) is 3.11. The molecule has 0 aromatic heterocycles. The maximum Gasteiger partial charge on any atom is 0.245 e. The second-order valence-corrected chi connectivity index (χ2v) is 7.11. The van der Waals surface area contributed by atoms with Crippen LogP contribution in [-0.2, 0) is 22.6 Å².